The van der Waals surface area contributed by atoms with E-state index in [2.05, 4.69) is 0 Å². The maximum absolute atomic E-state index is 12.6. The Morgan fingerprint density at radius 1 is 1.36 bits per heavy atom. The number of benzene rings is 1. The molecule has 2 rings (SSSR count). The summed E-state index contributed by atoms with van der Waals surface area (Å²) in [6, 6.07) is 9.59. The number of amides is 1. The van der Waals surface area contributed by atoms with E-state index in [-0.39, 0.29) is 12.0 Å². The van der Waals surface area contributed by atoms with E-state index in [1.807, 2.05) is 30.3 Å². The number of ether oxygens (including phenoxy) is 1. The monoisotopic (exact) mass is 325 g/mol. The molecule has 0 aromatic heterocycles. The largest absolute Gasteiger partial charge is 0.376 e. The number of carbonyl (C=O) groups excluding carboxylic acids is 1. The van der Waals surface area contributed by atoms with Crippen molar-refractivity contribution in [3.63, 3.8) is 0 Å². The molecule has 0 N–H and O–H groups in total. The number of carbonyl (C=O) groups is 1. The van der Waals surface area contributed by atoms with Crippen molar-refractivity contribution in [1.29, 1.82) is 0 Å². The molecule has 1 heterocycles. The first-order valence-electron chi connectivity index (χ1n) is 7.51. The molecule has 6 heteroatoms. The molecule has 122 valence electrons. The molecule has 1 aromatic rings. The molecule has 0 bridgehead atoms. The van der Waals surface area contributed by atoms with Crippen molar-refractivity contribution >= 4 is 15.7 Å². The SMILES string of the molecule is C[C@H](C(=O)N(Cc1ccccc1)C[C@@H]1CCCO1)S(C)(=O)=O. The van der Waals surface area contributed by atoms with E-state index < -0.39 is 15.1 Å². The summed E-state index contributed by atoms with van der Waals surface area (Å²) in [5.41, 5.74) is 0.981. The number of hydrogen-bond donors (Lipinski definition) is 0. The molecular formula is C16H23NO4S. The van der Waals surface area contributed by atoms with Crippen LogP contribution in [-0.4, -0.2) is 50.0 Å². The minimum Gasteiger partial charge on any atom is -0.376 e. The molecule has 1 aromatic carbocycles. The molecule has 0 saturated carbocycles. The average molecular weight is 325 g/mol. The van der Waals surface area contributed by atoms with Gasteiger partial charge >= 0.3 is 0 Å². The van der Waals surface area contributed by atoms with Gasteiger partial charge in [0.25, 0.3) is 0 Å². The smallest absolute Gasteiger partial charge is 0.240 e. The number of rotatable bonds is 6. The fourth-order valence-electron chi connectivity index (χ4n) is 2.51. The molecule has 2 atom stereocenters. The third-order valence-electron chi connectivity index (χ3n) is 3.97. The summed E-state index contributed by atoms with van der Waals surface area (Å²) in [5.74, 6) is -0.359. The van der Waals surface area contributed by atoms with E-state index in [1.165, 1.54) is 6.92 Å². The van der Waals surface area contributed by atoms with Gasteiger partial charge in [0.05, 0.1) is 6.10 Å². The Bertz CT molecular complexity index is 594. The molecule has 1 fully saturated rings. The van der Waals surface area contributed by atoms with Crippen LogP contribution in [0.1, 0.15) is 25.3 Å². The van der Waals surface area contributed by atoms with Crippen LogP contribution < -0.4 is 0 Å². The predicted octanol–water partition coefficient (Wildman–Crippen LogP) is 1.63. The van der Waals surface area contributed by atoms with Gasteiger partial charge in [-0.2, -0.15) is 0 Å². The molecule has 0 radical (unpaired) electrons. The fourth-order valence-corrected chi connectivity index (χ4v) is 3.03. The van der Waals surface area contributed by atoms with Crippen molar-refractivity contribution in [3.05, 3.63) is 35.9 Å². The van der Waals surface area contributed by atoms with Gasteiger partial charge in [0.2, 0.25) is 5.91 Å². The van der Waals surface area contributed by atoms with Gasteiger partial charge in [0, 0.05) is 26.0 Å². The van der Waals surface area contributed by atoms with Gasteiger partial charge in [-0.3, -0.25) is 4.79 Å². The lowest BCUT2D eigenvalue weighted by molar-refractivity contribution is -0.132. The predicted molar refractivity (Wildman–Crippen MR) is 85.1 cm³/mol. The van der Waals surface area contributed by atoms with Crippen LogP contribution in [0.4, 0.5) is 0 Å². The molecule has 1 saturated heterocycles. The van der Waals surface area contributed by atoms with E-state index in [4.69, 9.17) is 4.74 Å². The van der Waals surface area contributed by atoms with Gasteiger partial charge in [0.15, 0.2) is 9.84 Å². The molecule has 0 spiro atoms. The summed E-state index contributed by atoms with van der Waals surface area (Å²) in [4.78, 5) is 14.2. The Kier molecular flexibility index (Phi) is 5.58. The molecular weight excluding hydrogens is 302 g/mol. The molecule has 1 amide bonds. The van der Waals surface area contributed by atoms with Crippen LogP contribution in [-0.2, 0) is 25.9 Å². The zero-order valence-electron chi connectivity index (χ0n) is 13.1. The second-order valence-electron chi connectivity index (χ2n) is 5.81. The van der Waals surface area contributed by atoms with Crippen LogP contribution in [0.2, 0.25) is 0 Å². The van der Waals surface area contributed by atoms with Crippen molar-refractivity contribution in [2.24, 2.45) is 0 Å². The van der Waals surface area contributed by atoms with Gasteiger partial charge in [-0.05, 0) is 25.3 Å². The van der Waals surface area contributed by atoms with Gasteiger partial charge < -0.3 is 9.64 Å². The zero-order valence-corrected chi connectivity index (χ0v) is 13.9. The van der Waals surface area contributed by atoms with E-state index in [1.54, 1.807) is 4.90 Å². The van der Waals surface area contributed by atoms with E-state index in [0.29, 0.717) is 19.7 Å². The summed E-state index contributed by atoms with van der Waals surface area (Å²) >= 11 is 0. The highest BCUT2D eigenvalue weighted by molar-refractivity contribution is 7.92. The molecule has 1 aliphatic rings. The quantitative estimate of drug-likeness (QED) is 0.797. The van der Waals surface area contributed by atoms with Gasteiger partial charge in [-0.1, -0.05) is 30.3 Å². The van der Waals surface area contributed by atoms with E-state index >= 15 is 0 Å². The molecule has 0 unspecified atom stereocenters. The third kappa shape index (κ3) is 4.55. The minimum absolute atomic E-state index is 0.000535. The molecule has 22 heavy (non-hydrogen) atoms. The Morgan fingerprint density at radius 3 is 2.59 bits per heavy atom. The Balaban J connectivity index is 2.14. The Morgan fingerprint density at radius 2 is 2.05 bits per heavy atom. The van der Waals surface area contributed by atoms with Crippen molar-refractivity contribution in [2.75, 3.05) is 19.4 Å². The molecule has 0 aliphatic carbocycles. The van der Waals surface area contributed by atoms with Crippen LogP contribution in [0.5, 0.6) is 0 Å². The highest BCUT2D eigenvalue weighted by Crippen LogP contribution is 2.17. The minimum atomic E-state index is -3.40. The fraction of sp³-hybridized carbons (Fsp3) is 0.562. The summed E-state index contributed by atoms with van der Waals surface area (Å²) in [5, 5.41) is -1.03. The third-order valence-corrected chi connectivity index (χ3v) is 5.45. The van der Waals surface area contributed by atoms with Crippen LogP contribution in [0.15, 0.2) is 30.3 Å². The first kappa shape index (κ1) is 17.0. The average Bonchev–Trinajstić information content (AvgIpc) is 2.98. The lowest BCUT2D eigenvalue weighted by Gasteiger charge is -2.27. The van der Waals surface area contributed by atoms with Crippen molar-refractivity contribution in [2.45, 2.75) is 37.7 Å². The van der Waals surface area contributed by atoms with Crippen LogP contribution in [0.25, 0.3) is 0 Å². The first-order valence-corrected chi connectivity index (χ1v) is 9.46. The van der Waals surface area contributed by atoms with Crippen LogP contribution >= 0.6 is 0 Å². The summed E-state index contributed by atoms with van der Waals surface area (Å²) in [6.45, 7) is 3.00. The van der Waals surface area contributed by atoms with Crippen LogP contribution in [0, 0.1) is 0 Å². The summed E-state index contributed by atoms with van der Waals surface area (Å²) in [7, 11) is -3.40. The lowest BCUT2D eigenvalue weighted by Crippen LogP contribution is -2.44. The van der Waals surface area contributed by atoms with Crippen molar-refractivity contribution in [1.82, 2.24) is 4.90 Å². The number of sulfone groups is 1. The van der Waals surface area contributed by atoms with E-state index in [0.717, 1.165) is 24.7 Å². The second kappa shape index (κ2) is 7.24. The highest BCUT2D eigenvalue weighted by Gasteiger charge is 2.30. The molecule has 1 aliphatic heterocycles. The molecule has 5 nitrogen and oxygen atoms in total. The van der Waals surface area contributed by atoms with Gasteiger partial charge in [0.1, 0.15) is 5.25 Å². The Hall–Kier alpha value is -1.40. The van der Waals surface area contributed by atoms with Crippen molar-refractivity contribution in [3.8, 4) is 0 Å². The topological polar surface area (TPSA) is 63.7 Å². The second-order valence-corrected chi connectivity index (χ2v) is 8.18. The first-order chi connectivity index (χ1) is 10.4. The maximum Gasteiger partial charge on any atom is 0.240 e. The maximum atomic E-state index is 12.6. The van der Waals surface area contributed by atoms with Crippen molar-refractivity contribution < 1.29 is 17.9 Å². The normalized spacial score (nSPS) is 19.8. The lowest BCUT2D eigenvalue weighted by atomic mass is 10.1. The van der Waals surface area contributed by atoms with Crippen LogP contribution in [0.3, 0.4) is 0 Å². The number of nitrogens with zero attached hydrogens (tertiary/aromatic N) is 1. The van der Waals surface area contributed by atoms with Gasteiger partial charge in [-0.15, -0.1) is 0 Å². The summed E-state index contributed by atoms with van der Waals surface area (Å²) in [6.07, 6.45) is 2.99. The van der Waals surface area contributed by atoms with Gasteiger partial charge in [-0.25, -0.2) is 8.42 Å². The standard InChI is InChI=1S/C16H23NO4S/c1-13(22(2,19)20)16(18)17(12-15-9-6-10-21-15)11-14-7-4-3-5-8-14/h3-5,7-8,13,15H,6,9-12H2,1-2H3/t13-,15+/m1/s1. The summed E-state index contributed by atoms with van der Waals surface area (Å²) < 4.78 is 29.0. The Labute approximate surface area is 132 Å². The highest BCUT2D eigenvalue weighted by atomic mass is 32.2. The zero-order chi connectivity index (χ0) is 16.2. The number of hydrogen-bond acceptors (Lipinski definition) is 4. The van der Waals surface area contributed by atoms with E-state index in [9.17, 15) is 13.2 Å².